The molecule has 2 aliphatic rings. The van der Waals surface area contributed by atoms with E-state index in [0.717, 1.165) is 5.57 Å². The standard InChI is InChI=1S/C22H37BO7/c1-9-15-12-22(18(24)27-10-2,19(25)28-11-3)13-16(15)17(14-26-8)23-29-20(4,5)21(6,7)30-23/h9,16-17H,10-14H2,1-8H3/b15-9+/t16-,17-/m0/s1. The first-order valence-corrected chi connectivity index (χ1v) is 10.8. The Morgan fingerprint density at radius 2 is 1.60 bits per heavy atom. The summed E-state index contributed by atoms with van der Waals surface area (Å²) >= 11 is 0. The molecule has 0 bridgehead atoms. The number of carbonyl (C=O) groups excluding carboxylic acids is 2. The minimum Gasteiger partial charge on any atom is -0.465 e. The Kier molecular flexibility index (Phi) is 7.81. The van der Waals surface area contributed by atoms with Gasteiger partial charge in [0.15, 0.2) is 5.41 Å². The molecule has 1 aliphatic heterocycles. The van der Waals surface area contributed by atoms with Crippen molar-refractivity contribution >= 4 is 19.1 Å². The van der Waals surface area contributed by atoms with E-state index in [9.17, 15) is 9.59 Å². The summed E-state index contributed by atoms with van der Waals surface area (Å²) in [6.07, 6.45) is 2.52. The van der Waals surface area contributed by atoms with Gasteiger partial charge in [0, 0.05) is 19.5 Å². The molecule has 30 heavy (non-hydrogen) atoms. The summed E-state index contributed by atoms with van der Waals surface area (Å²) in [5.74, 6) is -1.39. The molecule has 0 radical (unpaired) electrons. The van der Waals surface area contributed by atoms with E-state index in [4.69, 9.17) is 23.5 Å². The lowest BCUT2D eigenvalue weighted by Gasteiger charge is -2.32. The predicted octanol–water partition coefficient (Wildman–Crippen LogP) is 3.56. The van der Waals surface area contributed by atoms with Crippen molar-refractivity contribution in [3.63, 3.8) is 0 Å². The number of hydrogen-bond donors (Lipinski definition) is 0. The van der Waals surface area contributed by atoms with Gasteiger partial charge in [0.1, 0.15) is 0 Å². The van der Waals surface area contributed by atoms with Crippen LogP contribution in [-0.2, 0) is 33.1 Å². The fourth-order valence-corrected chi connectivity index (χ4v) is 4.37. The number of allylic oxidation sites excluding steroid dienone is 2. The van der Waals surface area contributed by atoms with E-state index in [-0.39, 0.29) is 37.8 Å². The molecule has 2 fully saturated rings. The van der Waals surface area contributed by atoms with Gasteiger partial charge in [-0.25, -0.2) is 0 Å². The van der Waals surface area contributed by atoms with Gasteiger partial charge in [-0.2, -0.15) is 0 Å². The van der Waals surface area contributed by atoms with Crippen molar-refractivity contribution in [2.75, 3.05) is 26.9 Å². The summed E-state index contributed by atoms with van der Waals surface area (Å²) in [6, 6.07) is 0. The van der Waals surface area contributed by atoms with E-state index in [1.165, 1.54) is 0 Å². The van der Waals surface area contributed by atoms with Crippen molar-refractivity contribution in [2.24, 2.45) is 11.3 Å². The van der Waals surface area contributed by atoms with Crippen molar-refractivity contribution in [3.05, 3.63) is 11.6 Å². The third-order valence-electron chi connectivity index (χ3n) is 6.75. The molecule has 0 amide bonds. The summed E-state index contributed by atoms with van der Waals surface area (Å²) in [4.78, 5) is 25.9. The largest absolute Gasteiger partial charge is 0.465 e. The molecule has 8 heteroatoms. The first-order chi connectivity index (χ1) is 14.0. The zero-order valence-electron chi connectivity index (χ0n) is 19.7. The molecule has 2 rings (SSSR count). The number of rotatable bonds is 8. The van der Waals surface area contributed by atoms with Gasteiger partial charge in [-0.1, -0.05) is 11.6 Å². The Hall–Kier alpha value is -1.38. The topological polar surface area (TPSA) is 80.3 Å². The lowest BCUT2D eigenvalue weighted by atomic mass is 9.63. The third-order valence-corrected chi connectivity index (χ3v) is 6.75. The smallest absolute Gasteiger partial charge is 0.464 e. The summed E-state index contributed by atoms with van der Waals surface area (Å²) in [5, 5.41) is 0. The number of ether oxygens (including phenoxy) is 3. The number of hydrogen-bond acceptors (Lipinski definition) is 7. The van der Waals surface area contributed by atoms with Crippen LogP contribution in [-0.4, -0.2) is 57.2 Å². The molecular weight excluding hydrogens is 387 g/mol. The Balaban J connectivity index is 2.42. The van der Waals surface area contributed by atoms with Gasteiger partial charge in [-0.3, -0.25) is 9.59 Å². The molecule has 0 aromatic heterocycles. The molecule has 170 valence electrons. The molecule has 2 atom stereocenters. The summed E-state index contributed by atoms with van der Waals surface area (Å²) in [7, 11) is 1.11. The molecule has 0 aromatic carbocycles. The second-order valence-electron chi connectivity index (χ2n) is 9.12. The van der Waals surface area contributed by atoms with Crippen LogP contribution in [0.25, 0.3) is 0 Å². The number of esters is 2. The van der Waals surface area contributed by atoms with Crippen molar-refractivity contribution in [3.8, 4) is 0 Å². The molecule has 0 N–H and O–H groups in total. The van der Waals surface area contributed by atoms with Gasteiger partial charge in [0.2, 0.25) is 0 Å². The molecule has 1 saturated heterocycles. The third kappa shape index (κ3) is 4.46. The highest BCUT2D eigenvalue weighted by atomic mass is 16.7. The second kappa shape index (κ2) is 9.41. The molecule has 7 nitrogen and oxygen atoms in total. The SMILES string of the molecule is C/C=C1\CC(C(=O)OCC)(C(=O)OCC)C[C@@H]1[C@H](COC)B1OC(C)(C)C(C)(C)O1. The van der Waals surface area contributed by atoms with Gasteiger partial charge in [0.25, 0.3) is 0 Å². The van der Waals surface area contributed by atoms with Crippen molar-refractivity contribution in [1.82, 2.24) is 0 Å². The highest BCUT2D eigenvalue weighted by Crippen LogP contribution is 2.54. The maximum absolute atomic E-state index is 13.0. The van der Waals surface area contributed by atoms with Crippen LogP contribution < -0.4 is 0 Å². The van der Waals surface area contributed by atoms with Crippen LogP contribution in [0.3, 0.4) is 0 Å². The van der Waals surface area contributed by atoms with Gasteiger partial charge in [-0.15, -0.1) is 0 Å². The quantitative estimate of drug-likeness (QED) is 0.255. The molecule has 1 heterocycles. The van der Waals surface area contributed by atoms with Crippen LogP contribution in [0, 0.1) is 11.3 Å². The Morgan fingerprint density at radius 1 is 1.10 bits per heavy atom. The Bertz CT molecular complexity index is 636. The van der Waals surface area contributed by atoms with E-state index in [1.54, 1.807) is 21.0 Å². The maximum atomic E-state index is 13.0. The van der Waals surface area contributed by atoms with E-state index < -0.39 is 35.7 Å². The summed E-state index contributed by atoms with van der Waals surface area (Å²) in [6.45, 7) is 14.2. The fraction of sp³-hybridized carbons (Fsp3) is 0.818. The first-order valence-electron chi connectivity index (χ1n) is 10.8. The van der Waals surface area contributed by atoms with Crippen molar-refractivity contribution < 1.29 is 33.1 Å². The Labute approximate surface area is 180 Å². The highest BCUT2D eigenvalue weighted by molar-refractivity contribution is 6.47. The van der Waals surface area contributed by atoms with Crippen LogP contribution in [0.15, 0.2) is 11.6 Å². The lowest BCUT2D eigenvalue weighted by molar-refractivity contribution is -0.171. The normalized spacial score (nSPS) is 26.6. The molecule has 1 saturated carbocycles. The van der Waals surface area contributed by atoms with Gasteiger partial charge >= 0.3 is 19.1 Å². The van der Waals surface area contributed by atoms with Gasteiger partial charge in [0.05, 0.1) is 24.4 Å². The predicted molar refractivity (Wildman–Crippen MR) is 114 cm³/mol. The zero-order valence-corrected chi connectivity index (χ0v) is 19.7. The lowest BCUT2D eigenvalue weighted by Crippen LogP contribution is -2.41. The van der Waals surface area contributed by atoms with Gasteiger partial charge < -0.3 is 23.5 Å². The fourth-order valence-electron chi connectivity index (χ4n) is 4.37. The molecule has 1 aliphatic carbocycles. The first kappa shape index (κ1) is 24.9. The van der Waals surface area contributed by atoms with Crippen LogP contribution in [0.5, 0.6) is 0 Å². The van der Waals surface area contributed by atoms with Gasteiger partial charge in [-0.05, 0) is 67.2 Å². The highest BCUT2D eigenvalue weighted by Gasteiger charge is 2.61. The van der Waals surface area contributed by atoms with E-state index >= 15 is 0 Å². The second-order valence-corrected chi connectivity index (χ2v) is 9.12. The zero-order chi connectivity index (χ0) is 22.7. The minimum atomic E-state index is -1.35. The molecule has 0 aromatic rings. The monoisotopic (exact) mass is 424 g/mol. The van der Waals surface area contributed by atoms with Crippen molar-refractivity contribution in [2.45, 2.75) is 78.3 Å². The van der Waals surface area contributed by atoms with Crippen LogP contribution >= 0.6 is 0 Å². The number of methoxy groups -OCH3 is 1. The molecule has 0 unspecified atom stereocenters. The molecular formula is C22H37BO7. The summed E-state index contributed by atoms with van der Waals surface area (Å²) in [5.41, 5.74) is -1.34. The van der Waals surface area contributed by atoms with E-state index in [0.29, 0.717) is 6.61 Å². The molecule has 0 spiro atoms. The maximum Gasteiger partial charge on any atom is 0.464 e. The van der Waals surface area contributed by atoms with E-state index in [1.807, 2.05) is 40.7 Å². The summed E-state index contributed by atoms with van der Waals surface area (Å²) < 4.78 is 28.8. The van der Waals surface area contributed by atoms with Crippen molar-refractivity contribution in [1.29, 1.82) is 0 Å². The Morgan fingerprint density at radius 3 is 2.00 bits per heavy atom. The minimum absolute atomic E-state index is 0.140. The van der Waals surface area contributed by atoms with Crippen LogP contribution in [0.4, 0.5) is 0 Å². The van der Waals surface area contributed by atoms with Crippen LogP contribution in [0.1, 0.15) is 61.3 Å². The number of carbonyl (C=O) groups is 2. The average molecular weight is 424 g/mol. The average Bonchev–Trinajstić information content (AvgIpc) is 3.15. The van der Waals surface area contributed by atoms with Crippen LogP contribution in [0.2, 0.25) is 5.82 Å². The van der Waals surface area contributed by atoms with E-state index in [2.05, 4.69) is 0 Å².